The predicted molar refractivity (Wildman–Crippen MR) is 248 cm³/mol. The third kappa shape index (κ3) is 4.22. The number of benzene rings is 7. The topological polar surface area (TPSA) is 29.1 Å². The highest BCUT2D eigenvalue weighted by Gasteiger charge is 2.33. The maximum Gasteiger partial charge on any atom is 0.338 e. The monoisotopic (exact) mass is 767 g/mol. The Labute approximate surface area is 345 Å². The van der Waals surface area contributed by atoms with Crippen LogP contribution in [0, 0.1) is 5.92 Å². The van der Waals surface area contributed by atoms with Crippen molar-refractivity contribution in [3.05, 3.63) is 225 Å². The fraction of sp³-hybridized carbons (Fsp3) is 0.0893. The number of aromatic nitrogens is 2. The molecule has 10 aromatic rings. The summed E-state index contributed by atoms with van der Waals surface area (Å²) in [6, 6.07) is 49.1. The molecule has 0 saturated heterocycles. The Morgan fingerprint density at radius 3 is 1.87 bits per heavy atom. The van der Waals surface area contributed by atoms with Crippen LogP contribution >= 0.6 is 0 Å². The molecular weight excluding hydrogens is 731 g/mol. The highest BCUT2D eigenvalue weighted by Crippen LogP contribution is 2.50. The molecule has 60 heavy (non-hydrogen) atoms. The number of para-hydroxylation sites is 2. The summed E-state index contributed by atoms with van der Waals surface area (Å²) in [4.78, 5) is 17.6. The smallest absolute Gasteiger partial charge is 0.336 e. The highest BCUT2D eigenvalue weighted by molar-refractivity contribution is 6.28. The van der Waals surface area contributed by atoms with E-state index in [-0.39, 0.29) is 29.4 Å². The van der Waals surface area contributed by atoms with Crippen LogP contribution < -0.4 is 21.0 Å². The largest absolute Gasteiger partial charge is 0.338 e. The number of anilines is 2. The lowest BCUT2D eigenvalue weighted by atomic mass is 9.75. The Kier molecular flexibility index (Phi) is 6.41. The van der Waals surface area contributed by atoms with Gasteiger partial charge in [-0.3, -0.25) is 8.80 Å². The lowest BCUT2D eigenvalue weighted by molar-refractivity contribution is 0.739. The van der Waals surface area contributed by atoms with Crippen LogP contribution in [0.25, 0.3) is 66.0 Å². The van der Waals surface area contributed by atoms with Crippen molar-refractivity contribution in [2.75, 3.05) is 4.90 Å². The number of hydrogen-bond acceptors (Lipinski definition) is 2. The number of hydrogen-bond donors (Lipinski definition) is 0. The van der Waals surface area contributed by atoms with Crippen LogP contribution in [-0.4, -0.2) is 8.80 Å². The average Bonchev–Trinajstić information content (AvgIpc) is 3.79. The van der Waals surface area contributed by atoms with Gasteiger partial charge in [0.1, 0.15) is 0 Å². The van der Waals surface area contributed by atoms with Gasteiger partial charge in [-0.15, -0.1) is 0 Å². The van der Waals surface area contributed by atoms with E-state index in [1.54, 1.807) is 0 Å². The van der Waals surface area contributed by atoms with E-state index >= 15 is 4.79 Å². The van der Waals surface area contributed by atoms with Crippen LogP contribution in [0.4, 0.5) is 11.4 Å². The van der Waals surface area contributed by atoms with Gasteiger partial charge < -0.3 is 4.90 Å². The van der Waals surface area contributed by atoms with Crippen LogP contribution in [0.2, 0.25) is 0 Å². The summed E-state index contributed by atoms with van der Waals surface area (Å²) in [6.07, 6.45) is 20.5. The van der Waals surface area contributed by atoms with E-state index in [1.807, 2.05) is 8.80 Å². The van der Waals surface area contributed by atoms with E-state index in [9.17, 15) is 0 Å². The predicted octanol–water partition coefficient (Wildman–Crippen LogP) is 11.2. The molecule has 0 fully saturated rings. The van der Waals surface area contributed by atoms with Crippen LogP contribution in [-0.2, 0) is 6.54 Å². The average molecular weight is 768 g/mol. The number of nitrogens with zero attached hydrogens (tertiary/aromatic N) is 3. The first-order valence-electron chi connectivity index (χ1n) is 21.2. The first-order valence-corrected chi connectivity index (χ1v) is 21.2. The van der Waals surface area contributed by atoms with E-state index in [4.69, 9.17) is 0 Å². The molecule has 4 aliphatic rings. The van der Waals surface area contributed by atoms with Crippen molar-refractivity contribution in [1.29, 1.82) is 0 Å². The Bertz CT molecular complexity index is 3760. The summed E-state index contributed by atoms with van der Waals surface area (Å²) >= 11 is 0. The Morgan fingerprint density at radius 1 is 0.517 bits per heavy atom. The fourth-order valence-electron chi connectivity index (χ4n) is 11.6. The second-order valence-electron chi connectivity index (χ2n) is 17.1. The Morgan fingerprint density at radius 2 is 1.13 bits per heavy atom. The highest BCUT2D eigenvalue weighted by atomic mass is 16.1. The van der Waals surface area contributed by atoms with E-state index < -0.39 is 0 Å². The summed E-state index contributed by atoms with van der Waals surface area (Å²) < 4.78 is 3.98. The molecule has 4 atom stereocenters. The van der Waals surface area contributed by atoms with Crippen LogP contribution in [0.1, 0.15) is 40.0 Å². The van der Waals surface area contributed by atoms with Crippen molar-refractivity contribution in [2.24, 2.45) is 5.92 Å². The zero-order valence-corrected chi connectivity index (χ0v) is 32.7. The van der Waals surface area contributed by atoms with Gasteiger partial charge in [0.2, 0.25) is 0 Å². The van der Waals surface area contributed by atoms with E-state index in [2.05, 4.69) is 193 Å². The molecule has 0 saturated carbocycles. The summed E-state index contributed by atoms with van der Waals surface area (Å²) in [5, 5.41) is 9.36. The summed E-state index contributed by atoms with van der Waals surface area (Å²) in [5.74, 6) is 0.995. The van der Waals surface area contributed by atoms with Crippen molar-refractivity contribution in [3.63, 3.8) is 0 Å². The van der Waals surface area contributed by atoms with Gasteiger partial charge in [0.25, 0.3) is 0 Å². The standard InChI is InChI=1S/C56H37N3O/c60-56-58-51-27-21-33(32-57-49-19-9-7-17-42(49)39-14-4-5-15-40(39)43-18-8-10-20-50(43)57)29-47(51)44-25-22-34-23-26-45-48-31-36(24-28-52(48)59(56)55(45)53(34)54(44)58)46-30-35-11-1-2-12-37(35)38-13-3-6-16-41(38)46/h1-31,39-41,46H,32H2. The molecule has 1 aliphatic heterocycles. The molecule has 4 heterocycles. The first kappa shape index (κ1) is 32.5. The van der Waals surface area contributed by atoms with Crippen molar-refractivity contribution < 1.29 is 0 Å². The summed E-state index contributed by atoms with van der Waals surface area (Å²) in [5.41, 5.74) is 12.9. The third-order valence-electron chi connectivity index (χ3n) is 14.2. The lowest BCUT2D eigenvalue weighted by Gasteiger charge is -2.28. The Hall–Kier alpha value is -7.43. The second kappa shape index (κ2) is 11.8. The molecule has 0 spiro atoms. The molecule has 3 aromatic heterocycles. The van der Waals surface area contributed by atoms with Crippen LogP contribution in [0.5, 0.6) is 0 Å². The van der Waals surface area contributed by atoms with Crippen molar-refractivity contribution in [1.82, 2.24) is 8.80 Å². The summed E-state index contributed by atoms with van der Waals surface area (Å²) in [6.45, 7) is 0.707. The molecule has 4 nitrogen and oxygen atoms in total. The molecule has 0 radical (unpaired) electrons. The van der Waals surface area contributed by atoms with Gasteiger partial charge in [-0.2, -0.15) is 0 Å². The summed E-state index contributed by atoms with van der Waals surface area (Å²) in [7, 11) is 0. The fourth-order valence-corrected chi connectivity index (χ4v) is 11.6. The van der Waals surface area contributed by atoms with Gasteiger partial charge in [0.05, 0.1) is 22.1 Å². The number of rotatable bonds is 3. The molecule has 0 N–H and O–H groups in total. The first-order chi connectivity index (χ1) is 29.7. The van der Waals surface area contributed by atoms with Crippen molar-refractivity contribution >= 4 is 77.4 Å². The maximum absolute atomic E-state index is 15.1. The lowest BCUT2D eigenvalue weighted by Crippen LogP contribution is -2.35. The quantitative estimate of drug-likeness (QED) is 0.179. The number of fused-ring (bicyclic) bond motifs is 13. The molecule has 0 amide bonds. The van der Waals surface area contributed by atoms with Gasteiger partial charge in [-0.1, -0.05) is 152 Å². The van der Waals surface area contributed by atoms with Crippen LogP contribution in [0.15, 0.2) is 187 Å². The maximum atomic E-state index is 15.1. The zero-order chi connectivity index (χ0) is 39.2. The minimum Gasteiger partial charge on any atom is -0.336 e. The molecule has 3 aliphatic carbocycles. The number of allylic oxidation sites excluding steroid dienone is 8. The molecule has 4 unspecified atom stereocenters. The molecular formula is C56H37N3O. The Balaban J connectivity index is 0.950. The van der Waals surface area contributed by atoms with E-state index in [1.165, 1.54) is 49.6 Å². The zero-order valence-electron chi connectivity index (χ0n) is 32.7. The second-order valence-corrected chi connectivity index (χ2v) is 17.1. The van der Waals surface area contributed by atoms with Gasteiger partial charge in [-0.25, -0.2) is 4.79 Å². The van der Waals surface area contributed by atoms with Gasteiger partial charge in [0.15, 0.2) is 0 Å². The molecule has 7 aromatic carbocycles. The molecule has 282 valence electrons. The normalized spacial score (nSPS) is 20.3. The minimum atomic E-state index is -0.0186. The minimum absolute atomic E-state index is 0.0186. The van der Waals surface area contributed by atoms with E-state index in [0.717, 1.165) is 54.4 Å². The van der Waals surface area contributed by atoms with E-state index in [0.29, 0.717) is 6.54 Å². The van der Waals surface area contributed by atoms with Crippen molar-refractivity contribution in [3.8, 4) is 0 Å². The van der Waals surface area contributed by atoms with Crippen LogP contribution in [0.3, 0.4) is 0 Å². The third-order valence-corrected chi connectivity index (χ3v) is 14.2. The molecule has 0 bridgehead atoms. The van der Waals surface area contributed by atoms with Gasteiger partial charge in [-0.05, 0) is 80.0 Å². The van der Waals surface area contributed by atoms with Crippen molar-refractivity contribution in [2.45, 2.75) is 24.3 Å². The van der Waals surface area contributed by atoms with Gasteiger partial charge >= 0.3 is 5.69 Å². The SMILES string of the molecule is O=c1n2c3ccc(CN4c5ccccc5C5C=CC=CC5c5ccccc54)cc3c3ccc4ccc5c6cc(C7C=c8ccccc8=C8C=CC=CC87)ccc6n1c5c4c32. The molecule has 14 rings (SSSR count). The van der Waals surface area contributed by atoms with Gasteiger partial charge in [0, 0.05) is 68.5 Å². The molecule has 4 heteroatoms.